The molecule has 12 aromatic rings. The minimum Gasteiger partial charge on any atom is -0.456 e. The van der Waals surface area contributed by atoms with Crippen LogP contribution in [0, 0.1) is 0 Å². The van der Waals surface area contributed by atoms with Crippen molar-refractivity contribution >= 4 is 99.5 Å². The van der Waals surface area contributed by atoms with E-state index in [1.165, 1.54) is 43.8 Å². The smallest absolute Gasteiger partial charge is 0.135 e. The molecule has 0 saturated heterocycles. The Morgan fingerprint density at radius 2 is 0.583 bits per heavy atom. The molecule has 2 heterocycles. The molecule has 0 amide bonds. The first kappa shape index (κ1) is 32.9. The van der Waals surface area contributed by atoms with Crippen molar-refractivity contribution in [2.75, 3.05) is 9.80 Å². The van der Waals surface area contributed by atoms with Crippen molar-refractivity contribution in [2.45, 2.75) is 0 Å². The van der Waals surface area contributed by atoms with Crippen LogP contribution in [0.4, 0.5) is 34.1 Å². The molecule has 0 fully saturated rings. The molecule has 0 aliphatic heterocycles. The first-order valence-corrected chi connectivity index (χ1v) is 20.4. The highest BCUT2D eigenvalue weighted by atomic mass is 16.3. The van der Waals surface area contributed by atoms with Crippen molar-refractivity contribution in [3.8, 4) is 22.3 Å². The molecule has 0 saturated carbocycles. The Morgan fingerprint density at radius 1 is 0.233 bits per heavy atom. The van der Waals surface area contributed by atoms with Gasteiger partial charge in [0.1, 0.15) is 22.3 Å². The standard InChI is InChI=1S/C56H34N2O2/c1-3-11-39(12-4-1)57(43-23-25-55-51(33-43)45-15-7-9-17-53(45)59-55)41-21-19-35-29-47-48-30-36-20-22-42(28-38(36)32-50(48)49(47)31-37(35)27-41)58(40-13-5-2-6-14-40)44-24-26-56-52(34-44)46-16-8-10-18-54(46)60-56/h1-34H. The van der Waals surface area contributed by atoms with Gasteiger partial charge in [0.05, 0.1) is 0 Å². The highest BCUT2D eigenvalue weighted by molar-refractivity contribution is 6.13. The fourth-order valence-electron chi connectivity index (χ4n) is 9.43. The van der Waals surface area contributed by atoms with Gasteiger partial charge in [-0.15, -0.1) is 0 Å². The highest BCUT2D eigenvalue weighted by Crippen LogP contribution is 2.51. The maximum absolute atomic E-state index is 6.20. The molecule has 13 rings (SSSR count). The Bertz CT molecular complexity index is 3430. The van der Waals surface area contributed by atoms with Gasteiger partial charge in [-0.1, -0.05) is 84.9 Å². The number of fused-ring (bicyclic) bond motifs is 12. The van der Waals surface area contributed by atoms with E-state index in [0.29, 0.717) is 0 Å². The van der Waals surface area contributed by atoms with Crippen LogP contribution < -0.4 is 9.80 Å². The Labute approximate surface area is 345 Å². The van der Waals surface area contributed by atoms with Crippen molar-refractivity contribution in [1.82, 2.24) is 0 Å². The Morgan fingerprint density at radius 3 is 1.03 bits per heavy atom. The summed E-state index contributed by atoms with van der Waals surface area (Å²) in [6.07, 6.45) is 0. The van der Waals surface area contributed by atoms with Crippen LogP contribution in [-0.2, 0) is 0 Å². The van der Waals surface area contributed by atoms with Crippen LogP contribution in [0.1, 0.15) is 0 Å². The Kier molecular flexibility index (Phi) is 6.98. The molecule has 0 spiro atoms. The molecule has 4 nitrogen and oxygen atoms in total. The zero-order valence-electron chi connectivity index (χ0n) is 32.3. The molecule has 0 unspecified atom stereocenters. The largest absolute Gasteiger partial charge is 0.456 e. The lowest BCUT2D eigenvalue weighted by atomic mass is 9.78. The van der Waals surface area contributed by atoms with Crippen molar-refractivity contribution < 1.29 is 8.83 Å². The molecule has 0 radical (unpaired) electrons. The average molecular weight is 767 g/mol. The molecule has 0 atom stereocenters. The van der Waals surface area contributed by atoms with Gasteiger partial charge in [0.15, 0.2) is 0 Å². The second-order valence-corrected chi connectivity index (χ2v) is 15.8. The third kappa shape index (κ3) is 5.04. The third-order valence-corrected chi connectivity index (χ3v) is 12.3. The summed E-state index contributed by atoms with van der Waals surface area (Å²) >= 11 is 0. The zero-order chi connectivity index (χ0) is 39.3. The topological polar surface area (TPSA) is 32.8 Å². The maximum atomic E-state index is 6.20. The normalized spacial score (nSPS) is 12.0. The van der Waals surface area contributed by atoms with Gasteiger partial charge in [-0.05, 0) is 165 Å². The minimum absolute atomic E-state index is 0.890. The van der Waals surface area contributed by atoms with E-state index in [0.717, 1.165) is 78.0 Å². The number of hydrogen-bond donors (Lipinski definition) is 0. The van der Waals surface area contributed by atoms with Gasteiger partial charge in [0.25, 0.3) is 0 Å². The fourth-order valence-corrected chi connectivity index (χ4v) is 9.43. The van der Waals surface area contributed by atoms with E-state index in [1.54, 1.807) is 0 Å². The van der Waals surface area contributed by atoms with E-state index in [4.69, 9.17) is 8.83 Å². The number of hydrogen-bond acceptors (Lipinski definition) is 4. The third-order valence-electron chi connectivity index (χ3n) is 12.3. The molecule has 2 aromatic heterocycles. The number of furan rings is 2. The molecule has 280 valence electrons. The molecule has 1 aliphatic rings. The molecule has 1 aliphatic carbocycles. The number of para-hydroxylation sites is 4. The molecule has 0 N–H and O–H groups in total. The number of nitrogens with zero attached hydrogens (tertiary/aromatic N) is 2. The number of rotatable bonds is 6. The molecule has 0 bridgehead atoms. The first-order valence-electron chi connectivity index (χ1n) is 20.4. The lowest BCUT2D eigenvalue weighted by molar-refractivity contribution is 0.668. The maximum Gasteiger partial charge on any atom is 0.135 e. The van der Waals surface area contributed by atoms with Crippen LogP contribution in [0.5, 0.6) is 0 Å². The molecule has 4 heteroatoms. The van der Waals surface area contributed by atoms with Gasteiger partial charge < -0.3 is 18.6 Å². The van der Waals surface area contributed by atoms with Crippen LogP contribution in [0.2, 0.25) is 0 Å². The molecule has 10 aromatic carbocycles. The predicted octanol–water partition coefficient (Wildman–Crippen LogP) is 16.4. The average Bonchev–Trinajstić information content (AvgIpc) is 3.87. The summed E-state index contributed by atoms with van der Waals surface area (Å²) in [7, 11) is 0. The Balaban J connectivity index is 0.907. The minimum atomic E-state index is 0.890. The number of anilines is 6. The van der Waals surface area contributed by atoms with Crippen molar-refractivity contribution in [2.24, 2.45) is 0 Å². The first-order chi connectivity index (χ1) is 29.7. The van der Waals surface area contributed by atoms with Gasteiger partial charge in [0.2, 0.25) is 0 Å². The quantitative estimate of drug-likeness (QED) is 0.169. The highest BCUT2D eigenvalue weighted by Gasteiger charge is 2.25. The molecular formula is C56H34N2O2. The summed E-state index contributed by atoms with van der Waals surface area (Å²) in [6, 6.07) is 73.9. The van der Waals surface area contributed by atoms with Crippen LogP contribution in [0.15, 0.2) is 215 Å². The van der Waals surface area contributed by atoms with Crippen LogP contribution in [0.3, 0.4) is 0 Å². The van der Waals surface area contributed by atoms with E-state index in [1.807, 2.05) is 24.3 Å². The van der Waals surface area contributed by atoms with E-state index < -0.39 is 0 Å². The van der Waals surface area contributed by atoms with Crippen LogP contribution in [-0.4, -0.2) is 0 Å². The summed E-state index contributed by atoms with van der Waals surface area (Å²) in [5, 5.41) is 9.33. The van der Waals surface area contributed by atoms with E-state index in [-0.39, 0.29) is 0 Å². The van der Waals surface area contributed by atoms with Gasteiger partial charge >= 0.3 is 0 Å². The zero-order valence-corrected chi connectivity index (χ0v) is 32.3. The van der Waals surface area contributed by atoms with Gasteiger partial charge in [-0.3, -0.25) is 0 Å². The summed E-state index contributed by atoms with van der Waals surface area (Å²) in [5.41, 5.74) is 15.3. The SMILES string of the molecule is c1ccc(N(c2ccc3cc4c(cc3c2)-c2cc3cc(N(c5ccccc5)c5ccc6oc7ccccc7c6c5)ccc3cc2-4)c2ccc3oc4ccccc4c3c2)cc1. The summed E-state index contributed by atoms with van der Waals surface area (Å²) in [5.74, 6) is 0. The summed E-state index contributed by atoms with van der Waals surface area (Å²) in [4.78, 5) is 4.68. The fraction of sp³-hybridized carbons (Fsp3) is 0. The molecule has 60 heavy (non-hydrogen) atoms. The van der Waals surface area contributed by atoms with E-state index in [2.05, 4.69) is 192 Å². The molecular weight excluding hydrogens is 733 g/mol. The second-order valence-electron chi connectivity index (χ2n) is 15.8. The van der Waals surface area contributed by atoms with Gasteiger partial charge in [-0.25, -0.2) is 0 Å². The second kappa shape index (κ2) is 12.7. The van der Waals surface area contributed by atoms with E-state index >= 15 is 0 Å². The Hall–Kier alpha value is -8.08. The summed E-state index contributed by atoms with van der Waals surface area (Å²) < 4.78 is 12.4. The number of benzene rings is 10. The van der Waals surface area contributed by atoms with Crippen LogP contribution >= 0.6 is 0 Å². The lowest BCUT2D eigenvalue weighted by Crippen LogP contribution is -2.10. The monoisotopic (exact) mass is 766 g/mol. The van der Waals surface area contributed by atoms with Crippen LogP contribution in [0.25, 0.3) is 87.7 Å². The van der Waals surface area contributed by atoms with E-state index in [9.17, 15) is 0 Å². The predicted molar refractivity (Wildman–Crippen MR) is 250 cm³/mol. The van der Waals surface area contributed by atoms with Crippen molar-refractivity contribution in [3.63, 3.8) is 0 Å². The van der Waals surface area contributed by atoms with Crippen molar-refractivity contribution in [1.29, 1.82) is 0 Å². The van der Waals surface area contributed by atoms with Gasteiger partial charge in [0, 0.05) is 55.7 Å². The van der Waals surface area contributed by atoms with Crippen molar-refractivity contribution in [3.05, 3.63) is 206 Å². The van der Waals surface area contributed by atoms with Gasteiger partial charge in [-0.2, -0.15) is 0 Å². The summed E-state index contributed by atoms with van der Waals surface area (Å²) in [6.45, 7) is 0. The lowest BCUT2D eigenvalue weighted by Gasteiger charge is -2.28.